The van der Waals surface area contributed by atoms with E-state index in [0.717, 1.165) is 6.42 Å². The van der Waals surface area contributed by atoms with Gasteiger partial charge in [0.1, 0.15) is 0 Å². The van der Waals surface area contributed by atoms with Crippen molar-refractivity contribution < 1.29 is 9.94 Å². The quantitative estimate of drug-likeness (QED) is 0.514. The first-order chi connectivity index (χ1) is 3.81. The molecule has 3 N–H and O–H groups in total. The Bertz CT molecular complexity index is 49.7. The zero-order valence-corrected chi connectivity index (χ0v) is 5.13. The molecule has 0 spiro atoms. The second-order valence-electron chi connectivity index (χ2n) is 1.72. The smallest absolute Gasteiger partial charge is 0.0703 e. The summed E-state index contributed by atoms with van der Waals surface area (Å²) in [6.07, 6.45) is 1.15. The minimum atomic E-state index is -0.251. The number of rotatable bonds is 4. The van der Waals surface area contributed by atoms with Gasteiger partial charge in [0.2, 0.25) is 0 Å². The minimum Gasteiger partial charge on any atom is -0.393 e. The molecular formula is C5H13NO2. The number of aliphatic hydroxyl groups is 1. The minimum absolute atomic E-state index is 0.251. The van der Waals surface area contributed by atoms with E-state index < -0.39 is 0 Å². The van der Waals surface area contributed by atoms with Crippen molar-refractivity contribution in [2.45, 2.75) is 25.9 Å². The Morgan fingerprint density at radius 2 is 2.38 bits per heavy atom. The highest BCUT2D eigenvalue weighted by Gasteiger charge is 1.97. The molecule has 0 aliphatic heterocycles. The van der Waals surface area contributed by atoms with Crippen LogP contribution in [-0.4, -0.2) is 17.8 Å². The van der Waals surface area contributed by atoms with Crippen LogP contribution in [0.15, 0.2) is 0 Å². The molecule has 50 valence electrons. The van der Waals surface area contributed by atoms with Crippen LogP contribution in [0.5, 0.6) is 0 Å². The molecule has 1 atom stereocenters. The molecule has 0 aliphatic carbocycles. The van der Waals surface area contributed by atoms with Crippen LogP contribution in [0.1, 0.15) is 19.8 Å². The fourth-order valence-electron chi connectivity index (χ4n) is 0.408. The standard InChI is InChI=1S/C5H13NO2/c1-2-5(7)3-4-8-6/h5,7H,2-4,6H2,1H3. The maximum Gasteiger partial charge on any atom is 0.0703 e. The van der Waals surface area contributed by atoms with E-state index in [-0.39, 0.29) is 6.10 Å². The van der Waals surface area contributed by atoms with Crippen molar-refractivity contribution >= 4 is 0 Å². The highest BCUT2D eigenvalue weighted by molar-refractivity contribution is 4.48. The van der Waals surface area contributed by atoms with Crippen LogP contribution in [0.3, 0.4) is 0 Å². The monoisotopic (exact) mass is 119 g/mol. The Labute approximate surface area is 49.4 Å². The molecule has 0 rings (SSSR count). The Morgan fingerprint density at radius 1 is 1.75 bits per heavy atom. The predicted octanol–water partition coefficient (Wildman–Crippen LogP) is 0.0377. The first kappa shape index (κ1) is 7.88. The topological polar surface area (TPSA) is 55.5 Å². The first-order valence-electron chi connectivity index (χ1n) is 2.81. The van der Waals surface area contributed by atoms with Crippen molar-refractivity contribution in [1.82, 2.24) is 0 Å². The third-order valence-electron chi connectivity index (χ3n) is 1.04. The van der Waals surface area contributed by atoms with Gasteiger partial charge < -0.3 is 9.94 Å². The molecule has 0 amide bonds. The van der Waals surface area contributed by atoms with E-state index in [1.807, 2.05) is 6.92 Å². The summed E-state index contributed by atoms with van der Waals surface area (Å²) >= 11 is 0. The fraction of sp³-hybridized carbons (Fsp3) is 1.00. The van der Waals surface area contributed by atoms with E-state index in [9.17, 15) is 0 Å². The average molecular weight is 119 g/mol. The highest BCUT2D eigenvalue weighted by atomic mass is 16.6. The van der Waals surface area contributed by atoms with Gasteiger partial charge >= 0.3 is 0 Å². The SMILES string of the molecule is CCC(O)CCON. The van der Waals surface area contributed by atoms with E-state index in [1.54, 1.807) is 0 Å². The molecule has 1 unspecified atom stereocenters. The van der Waals surface area contributed by atoms with Crippen molar-refractivity contribution in [3.63, 3.8) is 0 Å². The molecule has 0 aromatic carbocycles. The van der Waals surface area contributed by atoms with E-state index in [1.165, 1.54) is 0 Å². The summed E-state index contributed by atoms with van der Waals surface area (Å²) in [6, 6.07) is 0. The molecular weight excluding hydrogens is 106 g/mol. The maximum absolute atomic E-state index is 8.85. The fourth-order valence-corrected chi connectivity index (χ4v) is 0.408. The first-order valence-corrected chi connectivity index (χ1v) is 2.81. The third-order valence-corrected chi connectivity index (χ3v) is 1.04. The van der Waals surface area contributed by atoms with Crippen molar-refractivity contribution in [2.75, 3.05) is 6.61 Å². The lowest BCUT2D eigenvalue weighted by Crippen LogP contribution is -2.10. The number of aliphatic hydroxyl groups excluding tert-OH is 1. The van der Waals surface area contributed by atoms with Crippen LogP contribution in [0.25, 0.3) is 0 Å². The van der Waals surface area contributed by atoms with Crippen LogP contribution in [-0.2, 0) is 4.84 Å². The second-order valence-corrected chi connectivity index (χ2v) is 1.72. The molecule has 0 fully saturated rings. The lowest BCUT2D eigenvalue weighted by atomic mass is 10.2. The van der Waals surface area contributed by atoms with Gasteiger partial charge in [-0.3, -0.25) is 0 Å². The lowest BCUT2D eigenvalue weighted by Gasteiger charge is -2.03. The van der Waals surface area contributed by atoms with Gasteiger partial charge in [0.25, 0.3) is 0 Å². The Hall–Kier alpha value is -0.120. The molecule has 0 saturated carbocycles. The van der Waals surface area contributed by atoms with Crippen LogP contribution in [0.4, 0.5) is 0 Å². The maximum atomic E-state index is 8.85. The molecule has 0 aromatic heterocycles. The summed E-state index contributed by atoms with van der Waals surface area (Å²) < 4.78 is 0. The van der Waals surface area contributed by atoms with Crippen LogP contribution in [0, 0.1) is 0 Å². The summed E-state index contributed by atoms with van der Waals surface area (Å²) in [6.45, 7) is 2.36. The zero-order chi connectivity index (χ0) is 6.41. The molecule has 0 aromatic rings. The van der Waals surface area contributed by atoms with Crippen LogP contribution < -0.4 is 5.90 Å². The normalized spacial score (nSPS) is 13.9. The Kier molecular flexibility index (Phi) is 4.95. The number of nitrogens with two attached hydrogens (primary N) is 1. The van der Waals surface area contributed by atoms with Gasteiger partial charge in [-0.25, -0.2) is 5.90 Å². The average Bonchev–Trinajstić information content (AvgIpc) is 1.83. The lowest BCUT2D eigenvalue weighted by molar-refractivity contribution is 0.0810. The number of hydrogen-bond donors (Lipinski definition) is 2. The van der Waals surface area contributed by atoms with Crippen LogP contribution in [0.2, 0.25) is 0 Å². The van der Waals surface area contributed by atoms with Crippen molar-refractivity contribution in [3.05, 3.63) is 0 Å². The van der Waals surface area contributed by atoms with E-state index >= 15 is 0 Å². The molecule has 3 heteroatoms. The van der Waals surface area contributed by atoms with E-state index in [4.69, 9.17) is 11.0 Å². The third kappa shape index (κ3) is 4.05. The Morgan fingerprint density at radius 3 is 2.75 bits per heavy atom. The van der Waals surface area contributed by atoms with Crippen molar-refractivity contribution in [2.24, 2.45) is 5.90 Å². The van der Waals surface area contributed by atoms with Crippen LogP contribution >= 0.6 is 0 Å². The second kappa shape index (κ2) is 5.03. The van der Waals surface area contributed by atoms with Gasteiger partial charge in [0.05, 0.1) is 12.7 Å². The zero-order valence-electron chi connectivity index (χ0n) is 5.13. The van der Waals surface area contributed by atoms with Crippen molar-refractivity contribution in [1.29, 1.82) is 0 Å². The van der Waals surface area contributed by atoms with Gasteiger partial charge in [-0.05, 0) is 12.8 Å². The summed E-state index contributed by atoms with van der Waals surface area (Å²) in [7, 11) is 0. The molecule has 0 radical (unpaired) electrons. The largest absolute Gasteiger partial charge is 0.393 e. The Balaban J connectivity index is 2.86. The molecule has 0 aliphatic rings. The summed E-state index contributed by atoms with van der Waals surface area (Å²) in [4.78, 5) is 4.25. The van der Waals surface area contributed by atoms with E-state index in [0.29, 0.717) is 13.0 Å². The number of hydrogen-bond acceptors (Lipinski definition) is 3. The molecule has 8 heavy (non-hydrogen) atoms. The summed E-state index contributed by atoms with van der Waals surface area (Å²) in [5, 5.41) is 8.85. The van der Waals surface area contributed by atoms with Gasteiger partial charge in [-0.2, -0.15) is 0 Å². The molecule has 0 saturated heterocycles. The summed E-state index contributed by atoms with van der Waals surface area (Å²) in [5.74, 6) is 4.72. The highest BCUT2D eigenvalue weighted by Crippen LogP contribution is 1.94. The van der Waals surface area contributed by atoms with Crippen molar-refractivity contribution in [3.8, 4) is 0 Å². The summed E-state index contributed by atoms with van der Waals surface area (Å²) in [5.41, 5.74) is 0. The van der Waals surface area contributed by atoms with Gasteiger partial charge in [0, 0.05) is 0 Å². The van der Waals surface area contributed by atoms with Gasteiger partial charge in [0.15, 0.2) is 0 Å². The predicted molar refractivity (Wildman–Crippen MR) is 31.1 cm³/mol. The van der Waals surface area contributed by atoms with Gasteiger partial charge in [-0.15, -0.1) is 0 Å². The molecule has 0 heterocycles. The molecule has 0 bridgehead atoms. The van der Waals surface area contributed by atoms with Gasteiger partial charge in [-0.1, -0.05) is 6.92 Å². The van der Waals surface area contributed by atoms with E-state index in [2.05, 4.69) is 4.84 Å². The molecule has 3 nitrogen and oxygen atoms in total.